The number of likely N-dealkylation sites (N-methyl/N-ethyl adjacent to an activating group) is 1. The van der Waals surface area contributed by atoms with Gasteiger partial charge in [0.25, 0.3) is 0 Å². The van der Waals surface area contributed by atoms with Crippen LogP contribution in [0.2, 0.25) is 0 Å². The number of nitrogens with one attached hydrogen (secondary N) is 1. The largest absolute Gasteiger partial charge is 0.494 e. The molecular formula is C28H43N5O5. The molecule has 3 rings (SSSR count). The molecule has 0 atom stereocenters. The van der Waals surface area contributed by atoms with Crippen molar-refractivity contribution in [3.8, 4) is 5.75 Å². The van der Waals surface area contributed by atoms with Crippen molar-refractivity contribution in [2.24, 2.45) is 10.9 Å². The molecule has 1 fully saturated rings. The second-order valence-electron chi connectivity index (χ2n) is 10.7. The second kappa shape index (κ2) is 14.0. The van der Waals surface area contributed by atoms with Crippen LogP contribution in [0.5, 0.6) is 5.75 Å². The van der Waals surface area contributed by atoms with Gasteiger partial charge in [-0.15, -0.1) is 0 Å². The van der Waals surface area contributed by atoms with Gasteiger partial charge in [-0.3, -0.25) is 14.9 Å². The summed E-state index contributed by atoms with van der Waals surface area (Å²) in [5, 5.41) is 2.69. The van der Waals surface area contributed by atoms with E-state index in [1.54, 1.807) is 19.0 Å². The van der Waals surface area contributed by atoms with Crippen molar-refractivity contribution in [1.29, 1.82) is 0 Å². The Kier molecular flexibility index (Phi) is 10.8. The summed E-state index contributed by atoms with van der Waals surface area (Å²) >= 11 is 0. The molecule has 210 valence electrons. The number of nitrogens with zero attached hydrogens (tertiary/aromatic N) is 4. The molecule has 1 aliphatic carbocycles. The third-order valence-electron chi connectivity index (χ3n) is 6.84. The highest BCUT2D eigenvalue weighted by atomic mass is 16.5. The topological polar surface area (TPSA) is 104 Å². The van der Waals surface area contributed by atoms with Gasteiger partial charge in [-0.2, -0.15) is 0 Å². The predicted octanol–water partition coefficient (Wildman–Crippen LogP) is 3.91. The summed E-state index contributed by atoms with van der Waals surface area (Å²) in [7, 11) is 5.29. The van der Waals surface area contributed by atoms with E-state index in [2.05, 4.69) is 10.3 Å². The Hall–Kier alpha value is -3.30. The van der Waals surface area contributed by atoms with Crippen molar-refractivity contribution in [1.82, 2.24) is 20.0 Å². The normalized spacial score (nSPS) is 15.4. The highest BCUT2D eigenvalue weighted by Crippen LogP contribution is 2.30. The van der Waals surface area contributed by atoms with Crippen molar-refractivity contribution >= 4 is 29.6 Å². The van der Waals surface area contributed by atoms with Crippen LogP contribution in [0.4, 0.5) is 10.5 Å². The molecule has 2 aliphatic rings. The van der Waals surface area contributed by atoms with E-state index in [0.29, 0.717) is 43.5 Å². The van der Waals surface area contributed by atoms with Crippen LogP contribution >= 0.6 is 0 Å². The molecule has 10 nitrogen and oxygen atoms in total. The maximum Gasteiger partial charge on any atom is 0.413 e. The van der Waals surface area contributed by atoms with Crippen molar-refractivity contribution < 1.29 is 23.9 Å². The minimum atomic E-state index is -0.605. The lowest BCUT2D eigenvalue weighted by molar-refractivity contribution is -0.132. The molecule has 1 saturated carbocycles. The summed E-state index contributed by atoms with van der Waals surface area (Å²) in [6.07, 6.45) is 6.37. The number of carbonyl (C=O) groups is 3. The molecule has 1 aliphatic heterocycles. The van der Waals surface area contributed by atoms with Gasteiger partial charge in [-0.25, -0.2) is 9.79 Å². The number of amides is 3. The maximum absolute atomic E-state index is 12.6. The van der Waals surface area contributed by atoms with Crippen molar-refractivity contribution in [2.45, 2.75) is 71.4 Å². The third kappa shape index (κ3) is 8.63. The summed E-state index contributed by atoms with van der Waals surface area (Å²) < 4.78 is 11.2. The molecule has 1 heterocycles. The van der Waals surface area contributed by atoms with Crippen LogP contribution in [-0.4, -0.2) is 85.5 Å². The van der Waals surface area contributed by atoms with Crippen LogP contribution in [0.15, 0.2) is 23.2 Å². The number of aliphatic imine (C=N–C) groups is 1. The van der Waals surface area contributed by atoms with Crippen LogP contribution in [-0.2, 0) is 20.9 Å². The van der Waals surface area contributed by atoms with Crippen molar-refractivity contribution in [2.75, 3.05) is 40.9 Å². The van der Waals surface area contributed by atoms with Gasteiger partial charge in [0.05, 0.1) is 18.9 Å². The lowest BCUT2D eigenvalue weighted by atomic mass is 9.94. The summed E-state index contributed by atoms with van der Waals surface area (Å²) in [4.78, 5) is 47.0. The zero-order chi connectivity index (χ0) is 27.7. The predicted molar refractivity (Wildman–Crippen MR) is 146 cm³/mol. The number of guanidine groups is 1. The van der Waals surface area contributed by atoms with Crippen LogP contribution in [0.25, 0.3) is 0 Å². The summed E-state index contributed by atoms with van der Waals surface area (Å²) in [5.74, 6) is 1.21. The van der Waals surface area contributed by atoms with Gasteiger partial charge in [0, 0.05) is 45.7 Å². The van der Waals surface area contributed by atoms with Gasteiger partial charge in [0.2, 0.25) is 17.8 Å². The first-order valence-electron chi connectivity index (χ1n) is 13.6. The van der Waals surface area contributed by atoms with E-state index in [4.69, 9.17) is 9.47 Å². The minimum absolute atomic E-state index is 0.0530. The molecule has 1 aromatic rings. The SMILES string of the molecule is CC(C)COC(=O)NC1=Nc2ccc(OCCCC(=O)N(C)C3CCCCC3)cc2CN1CC(=O)N(C)C. The monoisotopic (exact) mass is 529 g/mol. The minimum Gasteiger partial charge on any atom is -0.494 e. The molecule has 0 radical (unpaired) electrons. The molecular weight excluding hydrogens is 486 g/mol. The molecule has 0 bridgehead atoms. The van der Waals surface area contributed by atoms with E-state index in [-0.39, 0.29) is 36.8 Å². The Morgan fingerprint density at radius 2 is 1.84 bits per heavy atom. The zero-order valence-corrected chi connectivity index (χ0v) is 23.5. The number of hydrogen-bond acceptors (Lipinski definition) is 7. The maximum atomic E-state index is 12.6. The molecule has 0 spiro atoms. The van der Waals surface area contributed by atoms with E-state index in [1.165, 1.54) is 24.2 Å². The average Bonchev–Trinajstić information content (AvgIpc) is 2.90. The smallest absolute Gasteiger partial charge is 0.413 e. The van der Waals surface area contributed by atoms with Crippen LogP contribution in [0.1, 0.15) is 64.4 Å². The molecule has 0 aromatic heterocycles. The highest BCUT2D eigenvalue weighted by Gasteiger charge is 2.25. The van der Waals surface area contributed by atoms with Crippen LogP contribution < -0.4 is 10.1 Å². The molecule has 38 heavy (non-hydrogen) atoms. The van der Waals surface area contributed by atoms with Crippen LogP contribution in [0.3, 0.4) is 0 Å². The Morgan fingerprint density at radius 3 is 2.53 bits per heavy atom. The number of hydrogen-bond donors (Lipinski definition) is 1. The standard InChI is InChI=1S/C28H43N5O5/c1-20(2)19-38-28(36)30-27-29-24-14-13-23(16-21(24)17-33(27)18-26(35)31(3)4)37-15-9-12-25(34)32(5)22-10-7-6-8-11-22/h13-14,16,20,22H,6-12,15,17-19H2,1-5H3,(H,29,30,36). The zero-order valence-electron chi connectivity index (χ0n) is 23.5. The van der Waals surface area contributed by atoms with Gasteiger partial charge in [0.1, 0.15) is 12.3 Å². The molecule has 1 aromatic carbocycles. The van der Waals surface area contributed by atoms with Crippen molar-refractivity contribution in [3.05, 3.63) is 23.8 Å². The van der Waals surface area contributed by atoms with Gasteiger partial charge in [0.15, 0.2) is 0 Å². The van der Waals surface area contributed by atoms with Gasteiger partial charge in [-0.05, 0) is 43.4 Å². The van der Waals surface area contributed by atoms with E-state index in [9.17, 15) is 14.4 Å². The number of carbonyl (C=O) groups excluding carboxylic acids is 3. The van der Waals surface area contributed by atoms with E-state index < -0.39 is 6.09 Å². The summed E-state index contributed by atoms with van der Waals surface area (Å²) in [6, 6.07) is 5.93. The molecule has 1 N–H and O–H groups in total. The van der Waals surface area contributed by atoms with E-state index in [1.807, 2.05) is 44.0 Å². The highest BCUT2D eigenvalue weighted by molar-refractivity contribution is 5.98. The number of fused-ring (bicyclic) bond motifs is 1. The van der Waals surface area contributed by atoms with Gasteiger partial charge < -0.3 is 24.2 Å². The number of ether oxygens (including phenoxy) is 2. The fraction of sp³-hybridized carbons (Fsp3) is 0.643. The lowest BCUT2D eigenvalue weighted by Crippen LogP contribution is -2.49. The van der Waals surface area contributed by atoms with E-state index >= 15 is 0 Å². The summed E-state index contributed by atoms with van der Waals surface area (Å²) in [5.41, 5.74) is 1.57. The first kappa shape index (κ1) is 29.3. The van der Waals surface area contributed by atoms with E-state index in [0.717, 1.165) is 18.4 Å². The quantitative estimate of drug-likeness (QED) is 0.461. The first-order chi connectivity index (χ1) is 18.1. The number of benzene rings is 1. The molecule has 0 unspecified atom stereocenters. The lowest BCUT2D eigenvalue weighted by Gasteiger charge is -2.31. The third-order valence-corrected chi connectivity index (χ3v) is 6.84. The Balaban J connectivity index is 1.59. The summed E-state index contributed by atoms with van der Waals surface area (Å²) in [6.45, 7) is 5.06. The fourth-order valence-corrected chi connectivity index (χ4v) is 4.53. The Bertz CT molecular complexity index is 1000. The molecule has 3 amide bonds. The number of rotatable bonds is 10. The second-order valence-corrected chi connectivity index (χ2v) is 10.7. The number of alkyl carbamates (subject to hydrolysis) is 1. The average molecular weight is 530 g/mol. The molecule has 0 saturated heterocycles. The molecule has 10 heteroatoms. The van der Waals surface area contributed by atoms with Gasteiger partial charge in [-0.1, -0.05) is 33.1 Å². The van der Waals surface area contributed by atoms with Crippen LogP contribution in [0, 0.1) is 5.92 Å². The van der Waals surface area contributed by atoms with Gasteiger partial charge >= 0.3 is 6.09 Å². The van der Waals surface area contributed by atoms with Crippen molar-refractivity contribution in [3.63, 3.8) is 0 Å². The Labute approximate surface area is 226 Å². The fourth-order valence-electron chi connectivity index (χ4n) is 4.53. The first-order valence-corrected chi connectivity index (χ1v) is 13.6. The Morgan fingerprint density at radius 1 is 1.11 bits per heavy atom.